The number of furan rings is 1. The van der Waals surface area contributed by atoms with Gasteiger partial charge in [0.25, 0.3) is 5.91 Å². The smallest absolute Gasteiger partial charge is 0.416 e. The van der Waals surface area contributed by atoms with Crippen LogP contribution in [-0.4, -0.2) is 5.91 Å². The molecule has 0 aliphatic heterocycles. The molecule has 7 heteroatoms. The highest BCUT2D eigenvalue weighted by atomic mass is 79.9. The minimum absolute atomic E-state index is 0.0369. The Morgan fingerprint density at radius 2 is 2.05 bits per heavy atom. The van der Waals surface area contributed by atoms with E-state index in [2.05, 4.69) is 21.2 Å². The minimum atomic E-state index is -4.47. The van der Waals surface area contributed by atoms with Crippen molar-refractivity contribution >= 4 is 21.8 Å². The third-order valence-electron chi connectivity index (χ3n) is 3.15. The first-order valence-corrected chi connectivity index (χ1v) is 7.33. The van der Waals surface area contributed by atoms with Crippen molar-refractivity contribution in [3.63, 3.8) is 0 Å². The van der Waals surface area contributed by atoms with Crippen molar-refractivity contribution < 1.29 is 22.4 Å². The normalized spacial score (nSPS) is 13.0. The lowest BCUT2D eigenvalue weighted by molar-refractivity contribution is -0.138. The molecule has 22 heavy (non-hydrogen) atoms. The zero-order valence-corrected chi connectivity index (χ0v) is 13.2. The Balaban J connectivity index is 2.28. The van der Waals surface area contributed by atoms with Gasteiger partial charge < -0.3 is 9.73 Å². The first-order chi connectivity index (χ1) is 10.3. The largest absolute Gasteiger partial charge is 0.458 e. The van der Waals surface area contributed by atoms with Crippen molar-refractivity contribution in [2.45, 2.75) is 25.6 Å². The number of hydrogen-bond acceptors (Lipinski definition) is 2. The van der Waals surface area contributed by atoms with Crippen LogP contribution < -0.4 is 5.32 Å². The van der Waals surface area contributed by atoms with Gasteiger partial charge in [-0.25, -0.2) is 0 Å². The maximum atomic E-state index is 13.1. The first-order valence-electron chi connectivity index (χ1n) is 6.54. The van der Waals surface area contributed by atoms with E-state index in [-0.39, 0.29) is 11.3 Å². The molecule has 0 bridgehead atoms. The second-order valence-corrected chi connectivity index (χ2v) is 5.56. The summed E-state index contributed by atoms with van der Waals surface area (Å²) in [5.74, 6) is -0.524. The Bertz CT molecular complexity index is 667. The number of halogens is 4. The van der Waals surface area contributed by atoms with E-state index in [4.69, 9.17) is 4.42 Å². The van der Waals surface area contributed by atoms with E-state index < -0.39 is 23.7 Å². The SMILES string of the molecule is CCC(NC(=O)c1cc(Br)co1)c1ccccc1C(F)(F)F. The Kier molecular flexibility index (Phi) is 4.95. The summed E-state index contributed by atoms with van der Waals surface area (Å²) in [5.41, 5.74) is -0.709. The summed E-state index contributed by atoms with van der Waals surface area (Å²) in [6.07, 6.45) is -2.82. The Hall–Kier alpha value is -1.76. The fourth-order valence-corrected chi connectivity index (χ4v) is 2.42. The molecule has 1 amide bonds. The predicted molar refractivity (Wildman–Crippen MR) is 78.4 cm³/mol. The summed E-state index contributed by atoms with van der Waals surface area (Å²) >= 11 is 3.14. The van der Waals surface area contributed by atoms with E-state index in [0.29, 0.717) is 10.9 Å². The molecule has 118 valence electrons. The van der Waals surface area contributed by atoms with Gasteiger partial charge >= 0.3 is 6.18 Å². The standard InChI is InChI=1S/C15H13BrF3NO2/c1-2-12(20-14(21)13-7-9(16)8-22-13)10-5-3-4-6-11(10)15(17,18)19/h3-8,12H,2H2,1H3,(H,20,21). The van der Waals surface area contributed by atoms with Gasteiger partial charge in [0.2, 0.25) is 0 Å². The maximum Gasteiger partial charge on any atom is 0.416 e. The molecule has 0 fully saturated rings. The molecule has 0 saturated carbocycles. The van der Waals surface area contributed by atoms with Gasteiger partial charge in [0.15, 0.2) is 5.76 Å². The number of carbonyl (C=O) groups excluding carboxylic acids is 1. The molecule has 1 heterocycles. The van der Waals surface area contributed by atoms with Gasteiger partial charge in [0.1, 0.15) is 6.26 Å². The molecule has 0 aliphatic rings. The van der Waals surface area contributed by atoms with Crippen LogP contribution in [-0.2, 0) is 6.18 Å². The van der Waals surface area contributed by atoms with Crippen molar-refractivity contribution in [2.75, 3.05) is 0 Å². The number of rotatable bonds is 4. The molecule has 3 nitrogen and oxygen atoms in total. The van der Waals surface area contributed by atoms with Gasteiger partial charge in [0.05, 0.1) is 16.1 Å². The molecule has 0 aliphatic carbocycles. The third-order valence-corrected chi connectivity index (χ3v) is 3.56. The van der Waals surface area contributed by atoms with Crippen LogP contribution in [0.2, 0.25) is 0 Å². The summed E-state index contributed by atoms with van der Waals surface area (Å²) in [6.45, 7) is 1.70. The lowest BCUT2D eigenvalue weighted by Gasteiger charge is -2.21. The molecule has 1 aromatic carbocycles. The van der Waals surface area contributed by atoms with Gasteiger partial charge in [-0.2, -0.15) is 13.2 Å². The summed E-state index contributed by atoms with van der Waals surface area (Å²) in [5, 5.41) is 2.57. The van der Waals surface area contributed by atoms with Crippen LogP contribution in [0.1, 0.15) is 41.1 Å². The average Bonchev–Trinajstić information content (AvgIpc) is 2.90. The average molecular weight is 376 g/mol. The van der Waals surface area contributed by atoms with Gasteiger partial charge in [-0.1, -0.05) is 25.1 Å². The topological polar surface area (TPSA) is 42.2 Å². The van der Waals surface area contributed by atoms with Gasteiger partial charge in [-0.05, 0) is 34.0 Å². The molecule has 0 radical (unpaired) electrons. The van der Waals surface area contributed by atoms with Gasteiger partial charge in [0, 0.05) is 6.07 Å². The van der Waals surface area contributed by atoms with Crippen LogP contribution in [0.25, 0.3) is 0 Å². The second kappa shape index (κ2) is 6.56. The maximum absolute atomic E-state index is 13.1. The number of alkyl halides is 3. The van der Waals surface area contributed by atoms with Crippen molar-refractivity contribution in [3.05, 3.63) is 58.0 Å². The molecular weight excluding hydrogens is 363 g/mol. The van der Waals surface area contributed by atoms with Crippen LogP contribution >= 0.6 is 15.9 Å². The van der Waals surface area contributed by atoms with Crippen molar-refractivity contribution in [3.8, 4) is 0 Å². The zero-order chi connectivity index (χ0) is 16.3. The minimum Gasteiger partial charge on any atom is -0.458 e. The highest BCUT2D eigenvalue weighted by Crippen LogP contribution is 2.35. The number of hydrogen-bond donors (Lipinski definition) is 1. The molecular formula is C15H13BrF3NO2. The fourth-order valence-electron chi connectivity index (χ4n) is 2.12. The number of nitrogens with one attached hydrogen (secondary N) is 1. The third kappa shape index (κ3) is 3.71. The molecule has 0 saturated heterocycles. The van der Waals surface area contributed by atoms with Crippen LogP contribution in [0, 0.1) is 0 Å². The number of benzene rings is 1. The van der Waals surface area contributed by atoms with Crippen LogP contribution in [0.5, 0.6) is 0 Å². The Morgan fingerprint density at radius 1 is 1.36 bits per heavy atom. The first kappa shape index (κ1) is 16.6. The number of amides is 1. The molecule has 1 unspecified atom stereocenters. The van der Waals surface area contributed by atoms with E-state index in [1.54, 1.807) is 6.92 Å². The second-order valence-electron chi connectivity index (χ2n) is 4.65. The molecule has 2 aromatic rings. The van der Waals surface area contributed by atoms with Crippen molar-refractivity contribution in [2.24, 2.45) is 0 Å². The van der Waals surface area contributed by atoms with Crippen molar-refractivity contribution in [1.82, 2.24) is 5.32 Å². The molecule has 0 spiro atoms. The Morgan fingerprint density at radius 3 is 2.59 bits per heavy atom. The van der Waals surface area contributed by atoms with E-state index in [1.165, 1.54) is 30.5 Å². The van der Waals surface area contributed by atoms with Gasteiger partial charge in [-0.3, -0.25) is 4.79 Å². The summed E-state index contributed by atoms with van der Waals surface area (Å²) < 4.78 is 44.8. The Labute approximate surface area is 133 Å². The monoisotopic (exact) mass is 375 g/mol. The quantitative estimate of drug-likeness (QED) is 0.821. The van der Waals surface area contributed by atoms with E-state index in [0.717, 1.165) is 6.07 Å². The predicted octanol–water partition coefficient (Wildman–Crippen LogP) is 4.94. The fraction of sp³-hybridized carbons (Fsp3) is 0.267. The summed E-state index contributed by atoms with van der Waals surface area (Å²) in [6, 6.07) is 5.92. The van der Waals surface area contributed by atoms with E-state index in [1.807, 2.05) is 0 Å². The highest BCUT2D eigenvalue weighted by Gasteiger charge is 2.35. The van der Waals surface area contributed by atoms with Crippen LogP contribution in [0.4, 0.5) is 13.2 Å². The van der Waals surface area contributed by atoms with Crippen LogP contribution in [0.15, 0.2) is 45.5 Å². The van der Waals surface area contributed by atoms with Gasteiger partial charge in [-0.15, -0.1) is 0 Å². The molecule has 1 atom stereocenters. The lowest BCUT2D eigenvalue weighted by Crippen LogP contribution is -2.29. The molecule has 2 rings (SSSR count). The number of carbonyl (C=O) groups is 1. The highest BCUT2D eigenvalue weighted by molar-refractivity contribution is 9.10. The molecule has 1 aromatic heterocycles. The summed E-state index contributed by atoms with van der Waals surface area (Å²) in [7, 11) is 0. The lowest BCUT2D eigenvalue weighted by atomic mass is 9.98. The zero-order valence-electron chi connectivity index (χ0n) is 11.6. The summed E-state index contributed by atoms with van der Waals surface area (Å²) in [4.78, 5) is 12.1. The van der Waals surface area contributed by atoms with E-state index in [9.17, 15) is 18.0 Å². The van der Waals surface area contributed by atoms with E-state index >= 15 is 0 Å². The van der Waals surface area contributed by atoms with Crippen molar-refractivity contribution in [1.29, 1.82) is 0 Å². The molecule has 1 N–H and O–H groups in total. The van der Waals surface area contributed by atoms with Crippen LogP contribution in [0.3, 0.4) is 0 Å².